The van der Waals surface area contributed by atoms with Crippen LogP contribution >= 0.6 is 11.8 Å². The van der Waals surface area contributed by atoms with E-state index in [4.69, 9.17) is 0 Å². The number of nitrogens with zero attached hydrogens (tertiary/aromatic N) is 1. The fourth-order valence-electron chi connectivity index (χ4n) is 2.57. The molecule has 19 heavy (non-hydrogen) atoms. The van der Waals surface area contributed by atoms with Gasteiger partial charge in [0.15, 0.2) is 9.84 Å². The number of nitrogens with one attached hydrogen (secondary N) is 1. The molecule has 1 aliphatic rings. The zero-order valence-electron chi connectivity index (χ0n) is 12.8. The van der Waals surface area contributed by atoms with E-state index in [0.29, 0.717) is 11.8 Å². The van der Waals surface area contributed by atoms with Crippen molar-refractivity contribution in [3.05, 3.63) is 0 Å². The molecule has 6 heteroatoms. The van der Waals surface area contributed by atoms with Gasteiger partial charge in [-0.05, 0) is 18.9 Å². The summed E-state index contributed by atoms with van der Waals surface area (Å²) in [5, 5.41) is 3.05. The van der Waals surface area contributed by atoms with E-state index in [1.54, 1.807) is 11.8 Å². The van der Waals surface area contributed by atoms with E-state index in [2.05, 4.69) is 31.0 Å². The van der Waals surface area contributed by atoms with Crippen LogP contribution in [0.4, 0.5) is 0 Å². The van der Waals surface area contributed by atoms with Crippen molar-refractivity contribution in [2.45, 2.75) is 38.6 Å². The first kappa shape index (κ1) is 17.3. The van der Waals surface area contributed by atoms with Crippen molar-refractivity contribution in [1.82, 2.24) is 10.2 Å². The molecule has 0 spiro atoms. The van der Waals surface area contributed by atoms with Crippen molar-refractivity contribution in [3.8, 4) is 0 Å². The van der Waals surface area contributed by atoms with Gasteiger partial charge in [0, 0.05) is 36.9 Å². The van der Waals surface area contributed by atoms with Gasteiger partial charge in [-0.2, -0.15) is 11.8 Å². The van der Waals surface area contributed by atoms with E-state index in [-0.39, 0.29) is 10.8 Å². The standard InChI is InChI=1S/C13H28N2O2S2/c1-13(2,3)11(14-4)6-7-15-8-9-18-10-12(15)19(5,16)17/h11-12,14H,6-10H2,1-5H3. The Balaban J connectivity index is 2.64. The molecule has 0 saturated carbocycles. The molecule has 0 bridgehead atoms. The number of hydrogen-bond acceptors (Lipinski definition) is 5. The van der Waals surface area contributed by atoms with E-state index in [0.717, 1.165) is 25.3 Å². The van der Waals surface area contributed by atoms with Gasteiger partial charge in [0.2, 0.25) is 0 Å². The molecule has 0 aromatic heterocycles. The lowest BCUT2D eigenvalue weighted by Gasteiger charge is -2.37. The first-order valence-electron chi connectivity index (χ1n) is 6.84. The van der Waals surface area contributed by atoms with Crippen LogP contribution < -0.4 is 5.32 Å². The van der Waals surface area contributed by atoms with Gasteiger partial charge in [-0.15, -0.1) is 0 Å². The van der Waals surface area contributed by atoms with Crippen LogP contribution in [0.1, 0.15) is 27.2 Å². The monoisotopic (exact) mass is 308 g/mol. The van der Waals surface area contributed by atoms with Crippen LogP contribution in [0.2, 0.25) is 0 Å². The zero-order chi connectivity index (χ0) is 14.7. The molecule has 4 nitrogen and oxygen atoms in total. The van der Waals surface area contributed by atoms with Gasteiger partial charge >= 0.3 is 0 Å². The highest BCUT2D eigenvalue weighted by molar-refractivity contribution is 8.00. The molecular formula is C13H28N2O2S2. The van der Waals surface area contributed by atoms with Crippen molar-refractivity contribution in [1.29, 1.82) is 0 Å². The van der Waals surface area contributed by atoms with Gasteiger partial charge < -0.3 is 5.32 Å². The molecule has 1 aliphatic heterocycles. The summed E-state index contributed by atoms with van der Waals surface area (Å²) in [4.78, 5) is 2.14. The summed E-state index contributed by atoms with van der Waals surface area (Å²) < 4.78 is 23.7. The Morgan fingerprint density at radius 3 is 2.53 bits per heavy atom. The molecule has 1 rings (SSSR count). The van der Waals surface area contributed by atoms with Gasteiger partial charge in [-0.25, -0.2) is 8.42 Å². The number of hydrogen-bond donors (Lipinski definition) is 1. The Hall–Kier alpha value is 0.220. The Morgan fingerprint density at radius 1 is 1.42 bits per heavy atom. The number of thioether (sulfide) groups is 1. The summed E-state index contributed by atoms with van der Waals surface area (Å²) in [5.41, 5.74) is 0.194. The predicted octanol–water partition coefficient (Wildman–Crippen LogP) is 1.43. The minimum Gasteiger partial charge on any atom is -0.316 e. The molecule has 0 radical (unpaired) electrons. The molecule has 2 atom stereocenters. The maximum atomic E-state index is 11.8. The van der Waals surface area contributed by atoms with Gasteiger partial charge in [0.1, 0.15) is 5.37 Å². The lowest BCUT2D eigenvalue weighted by molar-refractivity contribution is 0.208. The van der Waals surface area contributed by atoms with Gasteiger partial charge in [0.25, 0.3) is 0 Å². The maximum Gasteiger partial charge on any atom is 0.164 e. The highest BCUT2D eigenvalue weighted by Gasteiger charge is 2.32. The Kier molecular flexibility index (Phi) is 6.17. The summed E-state index contributed by atoms with van der Waals surface area (Å²) in [5.74, 6) is 1.74. The average molecular weight is 309 g/mol. The topological polar surface area (TPSA) is 49.4 Å². The molecular weight excluding hydrogens is 280 g/mol. The molecule has 1 N–H and O–H groups in total. The first-order chi connectivity index (χ1) is 8.66. The van der Waals surface area contributed by atoms with Crippen LogP contribution in [-0.4, -0.2) is 62.6 Å². The predicted molar refractivity (Wildman–Crippen MR) is 84.4 cm³/mol. The summed E-state index contributed by atoms with van der Waals surface area (Å²) >= 11 is 1.74. The second-order valence-corrected chi connectivity index (χ2v) is 9.74. The van der Waals surface area contributed by atoms with E-state index in [9.17, 15) is 8.42 Å². The summed E-state index contributed by atoms with van der Waals surface area (Å²) in [7, 11) is -0.998. The largest absolute Gasteiger partial charge is 0.316 e. The Bertz CT molecular complexity index is 377. The van der Waals surface area contributed by atoms with Gasteiger partial charge in [-0.1, -0.05) is 20.8 Å². The highest BCUT2D eigenvalue weighted by Crippen LogP contribution is 2.24. The second-order valence-electron chi connectivity index (χ2n) is 6.39. The molecule has 2 unspecified atom stereocenters. The third-order valence-corrected chi connectivity index (χ3v) is 6.47. The second kappa shape index (κ2) is 6.78. The molecule has 1 heterocycles. The molecule has 0 aliphatic carbocycles. The smallest absolute Gasteiger partial charge is 0.164 e. The van der Waals surface area contributed by atoms with Crippen LogP contribution in [0.15, 0.2) is 0 Å². The summed E-state index contributed by atoms with van der Waals surface area (Å²) in [6.07, 6.45) is 2.34. The molecule has 0 aromatic rings. The average Bonchev–Trinajstić information content (AvgIpc) is 2.27. The minimum atomic E-state index is -2.98. The minimum absolute atomic E-state index is 0.194. The quantitative estimate of drug-likeness (QED) is 0.832. The van der Waals surface area contributed by atoms with Crippen molar-refractivity contribution < 1.29 is 8.42 Å². The summed E-state index contributed by atoms with van der Waals surface area (Å²) in [6, 6.07) is 0.405. The third-order valence-electron chi connectivity index (χ3n) is 3.78. The van der Waals surface area contributed by atoms with E-state index in [1.165, 1.54) is 6.26 Å². The van der Waals surface area contributed by atoms with Crippen LogP contribution in [0.5, 0.6) is 0 Å². The molecule has 0 amide bonds. The molecule has 1 fully saturated rings. The Labute approximate surface area is 122 Å². The molecule has 0 aromatic carbocycles. The summed E-state index contributed by atoms with van der Waals surface area (Å²) in [6.45, 7) is 8.38. The SMILES string of the molecule is CNC(CCN1CCSCC1S(C)(=O)=O)C(C)(C)C. The van der Waals surface area contributed by atoms with Crippen molar-refractivity contribution >= 4 is 21.6 Å². The Morgan fingerprint density at radius 2 is 2.05 bits per heavy atom. The van der Waals surface area contributed by atoms with E-state index < -0.39 is 9.84 Å². The normalized spacial score (nSPS) is 24.4. The third kappa shape index (κ3) is 5.25. The van der Waals surface area contributed by atoms with E-state index >= 15 is 0 Å². The lowest BCUT2D eigenvalue weighted by atomic mass is 9.85. The fraction of sp³-hybridized carbons (Fsp3) is 1.00. The molecule has 1 saturated heterocycles. The van der Waals surface area contributed by atoms with Crippen LogP contribution in [0.3, 0.4) is 0 Å². The van der Waals surface area contributed by atoms with Crippen molar-refractivity contribution in [2.75, 3.05) is 37.9 Å². The fourth-order valence-corrected chi connectivity index (χ4v) is 5.54. The maximum absolute atomic E-state index is 11.8. The van der Waals surface area contributed by atoms with Crippen LogP contribution in [-0.2, 0) is 9.84 Å². The van der Waals surface area contributed by atoms with Crippen molar-refractivity contribution in [2.24, 2.45) is 5.41 Å². The lowest BCUT2D eigenvalue weighted by Crippen LogP contribution is -2.49. The van der Waals surface area contributed by atoms with Crippen molar-refractivity contribution in [3.63, 3.8) is 0 Å². The van der Waals surface area contributed by atoms with Crippen LogP contribution in [0.25, 0.3) is 0 Å². The zero-order valence-corrected chi connectivity index (χ0v) is 14.4. The highest BCUT2D eigenvalue weighted by atomic mass is 32.2. The molecule has 114 valence electrons. The number of rotatable bonds is 5. The van der Waals surface area contributed by atoms with Gasteiger partial charge in [0.05, 0.1) is 0 Å². The first-order valence-corrected chi connectivity index (χ1v) is 9.95. The van der Waals surface area contributed by atoms with Gasteiger partial charge in [-0.3, -0.25) is 4.90 Å². The van der Waals surface area contributed by atoms with E-state index in [1.807, 2.05) is 7.05 Å². The van der Waals surface area contributed by atoms with Crippen LogP contribution in [0, 0.1) is 5.41 Å². The number of sulfone groups is 1.